The van der Waals surface area contributed by atoms with E-state index in [1.807, 2.05) is 19.9 Å². The molecule has 2 fully saturated rings. The molecule has 0 saturated carbocycles. The van der Waals surface area contributed by atoms with E-state index < -0.39 is 6.04 Å². The van der Waals surface area contributed by atoms with Gasteiger partial charge in [-0.05, 0) is 37.3 Å². The van der Waals surface area contributed by atoms with Crippen molar-refractivity contribution >= 4 is 17.7 Å². The Hall–Kier alpha value is -2.37. The molecule has 1 aromatic rings. The first kappa shape index (κ1) is 17.5. The first-order chi connectivity index (χ1) is 12.0. The number of rotatable bonds is 3. The zero-order valence-electron chi connectivity index (χ0n) is 14.8. The quantitative estimate of drug-likeness (QED) is 0.912. The summed E-state index contributed by atoms with van der Waals surface area (Å²) < 4.78 is 0. The first-order valence-electron chi connectivity index (χ1n) is 9.02. The highest BCUT2D eigenvalue weighted by atomic mass is 16.2. The molecule has 0 radical (unpaired) electrons. The highest BCUT2D eigenvalue weighted by molar-refractivity contribution is 5.98. The fourth-order valence-corrected chi connectivity index (χ4v) is 3.73. The lowest BCUT2D eigenvalue weighted by molar-refractivity contribution is -0.173. The van der Waals surface area contributed by atoms with Crippen LogP contribution in [0.4, 0.5) is 0 Å². The number of hydrogen-bond donors (Lipinski definition) is 1. The van der Waals surface area contributed by atoms with E-state index in [9.17, 15) is 14.4 Å². The molecule has 3 amide bonds. The van der Waals surface area contributed by atoms with Crippen molar-refractivity contribution in [2.75, 3.05) is 6.54 Å². The van der Waals surface area contributed by atoms with E-state index >= 15 is 0 Å². The Morgan fingerprint density at radius 2 is 1.96 bits per heavy atom. The van der Waals surface area contributed by atoms with Crippen LogP contribution in [-0.2, 0) is 9.59 Å². The van der Waals surface area contributed by atoms with Crippen LogP contribution in [0.1, 0.15) is 49.9 Å². The standard InChI is InChI=1S/C19H25N3O3/c1-3-15-10-7-11-21-16(23)12-13(2)17(19(25)22(15)21)20-18(24)14-8-5-4-6-9-14/h4-6,8-9,13,15,17H,3,7,10-12H2,1-2H3,(H,20,24)/t13-,15+,17-/m0/s1. The topological polar surface area (TPSA) is 69.7 Å². The van der Waals surface area contributed by atoms with Crippen molar-refractivity contribution in [1.82, 2.24) is 15.3 Å². The highest BCUT2D eigenvalue weighted by Crippen LogP contribution is 2.28. The maximum atomic E-state index is 13.2. The second-order valence-electron chi connectivity index (χ2n) is 6.90. The molecule has 0 aliphatic carbocycles. The molecule has 0 spiro atoms. The van der Waals surface area contributed by atoms with Crippen LogP contribution in [0, 0.1) is 5.92 Å². The van der Waals surface area contributed by atoms with E-state index in [0.29, 0.717) is 12.1 Å². The van der Waals surface area contributed by atoms with Crippen LogP contribution in [0.15, 0.2) is 30.3 Å². The zero-order valence-corrected chi connectivity index (χ0v) is 14.8. The van der Waals surface area contributed by atoms with E-state index in [4.69, 9.17) is 0 Å². The monoisotopic (exact) mass is 343 g/mol. The first-order valence-corrected chi connectivity index (χ1v) is 9.02. The Bertz CT molecular complexity index is 661. The van der Waals surface area contributed by atoms with Crippen LogP contribution in [0.5, 0.6) is 0 Å². The van der Waals surface area contributed by atoms with Gasteiger partial charge in [0, 0.05) is 18.5 Å². The number of hydrazine groups is 1. The smallest absolute Gasteiger partial charge is 0.264 e. The third kappa shape index (κ3) is 3.38. The van der Waals surface area contributed by atoms with Crippen molar-refractivity contribution < 1.29 is 14.4 Å². The molecule has 3 rings (SSSR count). The van der Waals surface area contributed by atoms with Crippen LogP contribution in [0.25, 0.3) is 0 Å². The van der Waals surface area contributed by atoms with Gasteiger partial charge < -0.3 is 5.32 Å². The Morgan fingerprint density at radius 1 is 1.24 bits per heavy atom. The van der Waals surface area contributed by atoms with Crippen molar-refractivity contribution in [3.63, 3.8) is 0 Å². The summed E-state index contributed by atoms with van der Waals surface area (Å²) in [6.07, 6.45) is 2.85. The van der Waals surface area contributed by atoms with E-state index in [0.717, 1.165) is 19.3 Å². The van der Waals surface area contributed by atoms with Gasteiger partial charge in [-0.25, -0.2) is 5.01 Å². The number of carbonyl (C=O) groups is 3. The number of benzene rings is 1. The summed E-state index contributed by atoms with van der Waals surface area (Å²) in [7, 11) is 0. The van der Waals surface area contributed by atoms with Crippen LogP contribution in [0.3, 0.4) is 0 Å². The lowest BCUT2D eigenvalue weighted by Crippen LogP contribution is -2.60. The Labute approximate surface area is 148 Å². The maximum absolute atomic E-state index is 13.2. The van der Waals surface area contributed by atoms with Crippen molar-refractivity contribution in [3.8, 4) is 0 Å². The molecule has 1 N–H and O–H groups in total. The fourth-order valence-electron chi connectivity index (χ4n) is 3.73. The van der Waals surface area contributed by atoms with E-state index in [1.165, 1.54) is 0 Å². The second-order valence-corrected chi connectivity index (χ2v) is 6.90. The van der Waals surface area contributed by atoms with Gasteiger partial charge in [0.1, 0.15) is 6.04 Å². The summed E-state index contributed by atoms with van der Waals surface area (Å²) in [4.78, 5) is 38.3. The van der Waals surface area contributed by atoms with Crippen LogP contribution < -0.4 is 5.32 Å². The molecule has 0 bridgehead atoms. The average Bonchev–Trinajstić information content (AvgIpc) is 2.72. The van der Waals surface area contributed by atoms with Gasteiger partial charge in [-0.15, -0.1) is 0 Å². The van der Waals surface area contributed by atoms with Gasteiger partial charge in [0.25, 0.3) is 11.8 Å². The third-order valence-corrected chi connectivity index (χ3v) is 5.15. The van der Waals surface area contributed by atoms with Gasteiger partial charge in [0.15, 0.2) is 0 Å². The van der Waals surface area contributed by atoms with Crippen molar-refractivity contribution in [2.45, 2.75) is 51.6 Å². The lowest BCUT2D eigenvalue weighted by atomic mass is 9.96. The maximum Gasteiger partial charge on any atom is 0.264 e. The van der Waals surface area contributed by atoms with Crippen LogP contribution >= 0.6 is 0 Å². The second kappa shape index (κ2) is 7.25. The molecule has 2 aliphatic heterocycles. The van der Waals surface area contributed by atoms with Crippen molar-refractivity contribution in [2.24, 2.45) is 5.92 Å². The minimum Gasteiger partial charge on any atom is -0.340 e. The predicted molar refractivity (Wildman–Crippen MR) is 93.3 cm³/mol. The normalized spacial score (nSPS) is 26.9. The van der Waals surface area contributed by atoms with E-state index in [-0.39, 0.29) is 36.1 Å². The molecule has 25 heavy (non-hydrogen) atoms. The molecule has 2 saturated heterocycles. The van der Waals surface area contributed by atoms with Crippen LogP contribution in [-0.4, -0.2) is 46.4 Å². The molecule has 134 valence electrons. The minimum atomic E-state index is -0.686. The number of carbonyl (C=O) groups excluding carboxylic acids is 3. The van der Waals surface area contributed by atoms with Crippen molar-refractivity contribution in [3.05, 3.63) is 35.9 Å². The third-order valence-electron chi connectivity index (χ3n) is 5.15. The number of hydrogen-bond acceptors (Lipinski definition) is 3. The van der Waals surface area contributed by atoms with Gasteiger partial charge >= 0.3 is 0 Å². The molecule has 2 aliphatic rings. The minimum absolute atomic E-state index is 0.0200. The largest absolute Gasteiger partial charge is 0.340 e. The Balaban J connectivity index is 1.86. The fraction of sp³-hybridized carbons (Fsp3) is 0.526. The summed E-state index contributed by atoms with van der Waals surface area (Å²) in [5.41, 5.74) is 0.514. The van der Waals surface area contributed by atoms with E-state index in [1.54, 1.807) is 34.3 Å². The number of amides is 3. The molecular formula is C19H25N3O3. The van der Waals surface area contributed by atoms with Crippen molar-refractivity contribution in [1.29, 1.82) is 0 Å². The molecule has 0 aromatic heterocycles. The molecule has 2 heterocycles. The highest BCUT2D eigenvalue weighted by Gasteiger charge is 2.44. The summed E-state index contributed by atoms with van der Waals surface area (Å²) >= 11 is 0. The van der Waals surface area contributed by atoms with Gasteiger partial charge in [0.05, 0.1) is 6.04 Å². The Morgan fingerprint density at radius 3 is 2.64 bits per heavy atom. The zero-order chi connectivity index (χ0) is 18.0. The molecule has 3 atom stereocenters. The van der Waals surface area contributed by atoms with Gasteiger partial charge in [0.2, 0.25) is 5.91 Å². The summed E-state index contributed by atoms with van der Waals surface area (Å²) in [5.74, 6) is -0.725. The summed E-state index contributed by atoms with van der Waals surface area (Å²) in [6.45, 7) is 4.46. The van der Waals surface area contributed by atoms with Gasteiger partial charge in [-0.1, -0.05) is 32.0 Å². The average molecular weight is 343 g/mol. The molecule has 1 aromatic carbocycles. The molecular weight excluding hydrogens is 318 g/mol. The van der Waals surface area contributed by atoms with E-state index in [2.05, 4.69) is 5.32 Å². The predicted octanol–water partition coefficient (Wildman–Crippen LogP) is 1.97. The molecule has 6 nitrogen and oxygen atoms in total. The summed E-state index contributed by atoms with van der Waals surface area (Å²) in [6, 6.07) is 8.18. The number of fused-ring (bicyclic) bond motifs is 1. The van der Waals surface area contributed by atoms with Gasteiger partial charge in [-0.2, -0.15) is 0 Å². The van der Waals surface area contributed by atoms with Crippen LogP contribution in [0.2, 0.25) is 0 Å². The number of nitrogens with one attached hydrogen (secondary N) is 1. The molecule has 6 heteroatoms. The Kier molecular flexibility index (Phi) is 5.06. The summed E-state index contributed by atoms with van der Waals surface area (Å²) in [5, 5.41) is 6.08. The van der Waals surface area contributed by atoms with Gasteiger partial charge in [-0.3, -0.25) is 19.4 Å². The lowest BCUT2D eigenvalue weighted by Gasteiger charge is -2.43. The SMILES string of the molecule is CC[C@@H]1CCCN2C(=O)C[C@H](C)[C@H](NC(=O)c3ccccc3)C(=O)N12. The number of nitrogens with zero attached hydrogens (tertiary/aromatic N) is 2. The molecule has 0 unspecified atom stereocenters.